The van der Waals surface area contributed by atoms with Crippen molar-refractivity contribution in [1.82, 2.24) is 5.32 Å². The average molecular weight is 297 g/mol. The minimum Gasteiger partial charge on any atom is -0.481 e. The average Bonchev–Trinajstić information content (AvgIpc) is 2.81. The highest BCUT2D eigenvalue weighted by atomic mass is 32.1. The number of thiophene rings is 1. The standard InChI is InChI=1S/C13H15NO5S/c15-11(16)5-9(13(18)19)14-12(17)8-6-20-10-4-2-1-3-7(8)10/h6,9H,1-5H2,(H,14,17)(H,15,16)(H,18,19)/t9-/m1/s1. The van der Waals surface area contributed by atoms with Crippen LogP contribution in [0.5, 0.6) is 0 Å². The third kappa shape index (κ3) is 3.16. The molecule has 2 rings (SSSR count). The minimum absolute atomic E-state index is 0.487. The third-order valence-corrected chi connectivity index (χ3v) is 4.38. The van der Waals surface area contributed by atoms with Crippen LogP contribution in [-0.4, -0.2) is 34.1 Å². The summed E-state index contributed by atoms with van der Waals surface area (Å²) in [6, 6.07) is -1.40. The molecular weight excluding hydrogens is 282 g/mol. The topological polar surface area (TPSA) is 104 Å². The van der Waals surface area contributed by atoms with Crippen molar-refractivity contribution in [3.8, 4) is 0 Å². The Bertz CT molecular complexity index is 551. The molecule has 0 unspecified atom stereocenters. The maximum absolute atomic E-state index is 12.1. The van der Waals surface area contributed by atoms with Gasteiger partial charge in [0, 0.05) is 10.3 Å². The molecule has 20 heavy (non-hydrogen) atoms. The summed E-state index contributed by atoms with van der Waals surface area (Å²) in [4.78, 5) is 34.8. The lowest BCUT2D eigenvalue weighted by Crippen LogP contribution is -2.42. The summed E-state index contributed by atoms with van der Waals surface area (Å²) in [6.45, 7) is 0. The van der Waals surface area contributed by atoms with Gasteiger partial charge < -0.3 is 15.5 Å². The molecule has 1 aliphatic carbocycles. The third-order valence-electron chi connectivity index (χ3n) is 3.29. The summed E-state index contributed by atoms with van der Waals surface area (Å²) in [7, 11) is 0. The quantitative estimate of drug-likeness (QED) is 0.759. The predicted molar refractivity (Wildman–Crippen MR) is 72.1 cm³/mol. The van der Waals surface area contributed by atoms with Crippen molar-refractivity contribution in [1.29, 1.82) is 0 Å². The Morgan fingerprint density at radius 3 is 2.60 bits per heavy atom. The van der Waals surface area contributed by atoms with Crippen LogP contribution in [0, 0.1) is 0 Å². The smallest absolute Gasteiger partial charge is 0.326 e. The molecule has 7 heteroatoms. The van der Waals surface area contributed by atoms with Crippen LogP contribution in [0.2, 0.25) is 0 Å². The van der Waals surface area contributed by atoms with Gasteiger partial charge in [-0.25, -0.2) is 4.79 Å². The summed E-state index contributed by atoms with van der Waals surface area (Å²) in [5, 5.41) is 21.6. The van der Waals surface area contributed by atoms with Crippen LogP contribution >= 0.6 is 11.3 Å². The highest BCUT2D eigenvalue weighted by Gasteiger charge is 2.26. The van der Waals surface area contributed by atoms with Crippen molar-refractivity contribution in [2.24, 2.45) is 0 Å². The Morgan fingerprint density at radius 2 is 1.95 bits per heavy atom. The van der Waals surface area contributed by atoms with E-state index in [0.29, 0.717) is 5.56 Å². The van der Waals surface area contributed by atoms with Gasteiger partial charge in [-0.1, -0.05) is 0 Å². The summed E-state index contributed by atoms with van der Waals surface area (Å²) in [5.74, 6) is -3.10. The second kappa shape index (κ2) is 6.04. The lowest BCUT2D eigenvalue weighted by molar-refractivity contribution is -0.145. The van der Waals surface area contributed by atoms with Crippen molar-refractivity contribution < 1.29 is 24.6 Å². The zero-order valence-electron chi connectivity index (χ0n) is 10.7. The van der Waals surface area contributed by atoms with E-state index in [1.807, 2.05) is 0 Å². The van der Waals surface area contributed by atoms with E-state index in [1.165, 1.54) is 16.2 Å². The van der Waals surface area contributed by atoms with Gasteiger partial charge in [-0.15, -0.1) is 11.3 Å². The molecule has 108 valence electrons. The number of amides is 1. The molecule has 0 bridgehead atoms. The van der Waals surface area contributed by atoms with Crippen LogP contribution in [0.3, 0.4) is 0 Å². The number of carboxylic acid groups (broad SMARTS) is 2. The van der Waals surface area contributed by atoms with Crippen LogP contribution < -0.4 is 5.32 Å². The van der Waals surface area contributed by atoms with Crippen LogP contribution in [0.15, 0.2) is 5.38 Å². The molecule has 1 heterocycles. The summed E-state index contributed by atoms with van der Waals surface area (Å²) >= 11 is 1.51. The fraction of sp³-hybridized carbons (Fsp3) is 0.462. The first kappa shape index (κ1) is 14.5. The van der Waals surface area contributed by atoms with E-state index in [1.54, 1.807) is 5.38 Å². The molecule has 1 amide bonds. The van der Waals surface area contributed by atoms with Gasteiger partial charge in [-0.2, -0.15) is 0 Å². The van der Waals surface area contributed by atoms with E-state index < -0.39 is 30.3 Å². The van der Waals surface area contributed by atoms with Crippen molar-refractivity contribution in [3.05, 3.63) is 21.4 Å². The lowest BCUT2D eigenvalue weighted by atomic mass is 9.95. The first-order chi connectivity index (χ1) is 9.49. The lowest BCUT2D eigenvalue weighted by Gasteiger charge is -2.15. The van der Waals surface area contributed by atoms with Gasteiger partial charge in [-0.3, -0.25) is 9.59 Å². The van der Waals surface area contributed by atoms with E-state index in [2.05, 4.69) is 5.32 Å². The Labute approximate surface area is 119 Å². The van der Waals surface area contributed by atoms with Crippen LogP contribution in [0.1, 0.15) is 40.1 Å². The number of fused-ring (bicyclic) bond motifs is 1. The number of carboxylic acids is 2. The number of aliphatic carboxylic acids is 2. The number of nitrogens with one attached hydrogen (secondary N) is 1. The number of hydrogen-bond donors (Lipinski definition) is 3. The van der Waals surface area contributed by atoms with Crippen LogP contribution in [-0.2, 0) is 22.4 Å². The van der Waals surface area contributed by atoms with Gasteiger partial charge in [0.05, 0.1) is 12.0 Å². The SMILES string of the molecule is O=C(O)C[C@@H](NC(=O)c1csc2c1CCCC2)C(=O)O. The Kier molecular flexibility index (Phi) is 4.39. The Balaban J connectivity index is 2.12. The van der Waals surface area contributed by atoms with Gasteiger partial charge >= 0.3 is 11.9 Å². The Morgan fingerprint density at radius 1 is 1.25 bits per heavy atom. The zero-order valence-corrected chi connectivity index (χ0v) is 11.5. The molecule has 3 N–H and O–H groups in total. The van der Waals surface area contributed by atoms with E-state index >= 15 is 0 Å². The molecule has 1 atom stereocenters. The number of carbonyl (C=O) groups excluding carboxylic acids is 1. The van der Waals surface area contributed by atoms with Crippen molar-refractivity contribution >= 4 is 29.2 Å². The normalized spacial score (nSPS) is 15.2. The number of hydrogen-bond acceptors (Lipinski definition) is 4. The van der Waals surface area contributed by atoms with Gasteiger partial charge in [0.25, 0.3) is 5.91 Å². The number of aryl methyl sites for hydroxylation is 1. The van der Waals surface area contributed by atoms with E-state index in [9.17, 15) is 14.4 Å². The number of rotatable bonds is 5. The molecule has 0 saturated carbocycles. The molecule has 1 aromatic heterocycles. The molecule has 0 spiro atoms. The largest absolute Gasteiger partial charge is 0.481 e. The van der Waals surface area contributed by atoms with Gasteiger partial charge in [0.1, 0.15) is 6.04 Å². The van der Waals surface area contributed by atoms with Crippen LogP contribution in [0.25, 0.3) is 0 Å². The summed E-state index contributed by atoms with van der Waals surface area (Å²) in [6.07, 6.45) is 3.25. The first-order valence-electron chi connectivity index (χ1n) is 6.33. The van der Waals surface area contributed by atoms with E-state index in [4.69, 9.17) is 10.2 Å². The van der Waals surface area contributed by atoms with Gasteiger partial charge in [-0.05, 0) is 31.2 Å². The highest BCUT2D eigenvalue weighted by Crippen LogP contribution is 2.30. The molecular formula is C13H15NO5S. The molecule has 0 aliphatic heterocycles. The van der Waals surface area contributed by atoms with Crippen molar-refractivity contribution in [2.45, 2.75) is 38.1 Å². The fourth-order valence-corrected chi connectivity index (χ4v) is 3.42. The molecule has 6 nitrogen and oxygen atoms in total. The fourth-order valence-electron chi connectivity index (χ4n) is 2.30. The molecule has 1 aromatic rings. The highest BCUT2D eigenvalue weighted by molar-refractivity contribution is 7.10. The summed E-state index contributed by atoms with van der Waals surface area (Å²) in [5.41, 5.74) is 1.47. The van der Waals surface area contributed by atoms with Crippen molar-refractivity contribution in [3.63, 3.8) is 0 Å². The maximum Gasteiger partial charge on any atom is 0.326 e. The second-order valence-corrected chi connectivity index (χ2v) is 5.68. The maximum atomic E-state index is 12.1. The molecule has 0 saturated heterocycles. The predicted octanol–water partition coefficient (Wildman–Crippen LogP) is 1.28. The Hall–Kier alpha value is -1.89. The molecule has 0 fully saturated rings. The monoisotopic (exact) mass is 297 g/mol. The number of carbonyl (C=O) groups is 3. The minimum atomic E-state index is -1.40. The zero-order chi connectivity index (χ0) is 14.7. The molecule has 0 radical (unpaired) electrons. The van der Waals surface area contributed by atoms with Crippen molar-refractivity contribution in [2.75, 3.05) is 0 Å². The molecule has 0 aromatic carbocycles. The van der Waals surface area contributed by atoms with Gasteiger partial charge in [0.15, 0.2) is 0 Å². The summed E-state index contributed by atoms with van der Waals surface area (Å²) < 4.78 is 0. The van der Waals surface area contributed by atoms with Crippen LogP contribution in [0.4, 0.5) is 0 Å². The van der Waals surface area contributed by atoms with E-state index in [0.717, 1.165) is 31.2 Å². The van der Waals surface area contributed by atoms with E-state index in [-0.39, 0.29) is 0 Å². The van der Waals surface area contributed by atoms with Gasteiger partial charge in [0.2, 0.25) is 0 Å². The first-order valence-corrected chi connectivity index (χ1v) is 7.21. The molecule has 1 aliphatic rings. The second-order valence-electron chi connectivity index (χ2n) is 4.72.